The molecule has 0 unspecified atom stereocenters. The Hall–Kier alpha value is -2.88. The molecule has 8 nitrogen and oxygen atoms in total. The molecule has 0 radical (unpaired) electrons. The number of amides is 1. The number of halogens is 1. The zero-order chi connectivity index (χ0) is 27.3. The van der Waals surface area contributed by atoms with Gasteiger partial charge in [-0.2, -0.15) is 4.31 Å². The van der Waals surface area contributed by atoms with Crippen LogP contribution in [0.5, 0.6) is 5.75 Å². The van der Waals surface area contributed by atoms with Gasteiger partial charge >= 0.3 is 0 Å². The fourth-order valence-corrected chi connectivity index (χ4v) is 6.52. The number of carbonyl (C=O) groups is 1. The van der Waals surface area contributed by atoms with E-state index in [4.69, 9.17) is 16.3 Å². The molecule has 204 valence electrons. The van der Waals surface area contributed by atoms with Gasteiger partial charge in [-0.3, -0.25) is 9.78 Å². The van der Waals surface area contributed by atoms with Crippen molar-refractivity contribution < 1.29 is 17.9 Å². The molecule has 0 bridgehead atoms. The van der Waals surface area contributed by atoms with E-state index in [1.54, 1.807) is 18.3 Å². The monoisotopic (exact) mass is 558 g/mol. The van der Waals surface area contributed by atoms with Gasteiger partial charge in [0, 0.05) is 54.4 Å². The quantitative estimate of drug-likeness (QED) is 0.338. The molecule has 0 atom stereocenters. The molecule has 1 aliphatic heterocycles. The number of hydrogen-bond acceptors (Lipinski definition) is 6. The molecular formula is C28H35ClN4O4S. The first-order chi connectivity index (χ1) is 18.2. The molecule has 3 aromatic rings. The van der Waals surface area contributed by atoms with Crippen molar-refractivity contribution in [2.75, 3.05) is 38.6 Å². The van der Waals surface area contributed by atoms with Gasteiger partial charge in [-0.05, 0) is 67.1 Å². The molecule has 2 heterocycles. The molecule has 1 aromatic heterocycles. The Labute approximate surface area is 229 Å². The van der Waals surface area contributed by atoms with Gasteiger partial charge in [0.15, 0.2) is 0 Å². The number of benzene rings is 2. The summed E-state index contributed by atoms with van der Waals surface area (Å²) >= 11 is 6.06. The first-order valence-corrected chi connectivity index (χ1v) is 14.8. The van der Waals surface area contributed by atoms with Crippen LogP contribution in [0.2, 0.25) is 5.02 Å². The van der Waals surface area contributed by atoms with Crippen molar-refractivity contribution in [3.05, 3.63) is 59.2 Å². The Morgan fingerprint density at radius 1 is 1.13 bits per heavy atom. The van der Waals surface area contributed by atoms with Crippen LogP contribution in [0.1, 0.15) is 44.6 Å². The number of nitrogens with one attached hydrogen (secondary N) is 2. The zero-order valence-corrected chi connectivity index (χ0v) is 23.6. The van der Waals surface area contributed by atoms with Crippen LogP contribution in [0.4, 0.5) is 5.69 Å². The second kappa shape index (κ2) is 12.3. The van der Waals surface area contributed by atoms with E-state index in [0.717, 1.165) is 28.6 Å². The van der Waals surface area contributed by atoms with Crippen molar-refractivity contribution in [2.24, 2.45) is 5.92 Å². The van der Waals surface area contributed by atoms with Gasteiger partial charge in [0.25, 0.3) is 0 Å². The van der Waals surface area contributed by atoms with Crippen LogP contribution in [0.3, 0.4) is 0 Å². The largest absolute Gasteiger partial charge is 0.495 e. The number of carbonyl (C=O) groups excluding carboxylic acids is 1. The molecule has 0 saturated carbocycles. The molecule has 10 heteroatoms. The van der Waals surface area contributed by atoms with E-state index in [-0.39, 0.29) is 22.6 Å². The summed E-state index contributed by atoms with van der Waals surface area (Å²) < 4.78 is 33.6. The maximum Gasteiger partial charge on any atom is 0.246 e. The number of hydrogen-bond donors (Lipinski definition) is 2. The number of nitrogens with zero attached hydrogens (tertiary/aromatic N) is 2. The summed E-state index contributed by atoms with van der Waals surface area (Å²) in [4.78, 5) is 17.3. The maximum atomic E-state index is 13.4. The average molecular weight is 559 g/mol. The van der Waals surface area contributed by atoms with Crippen LogP contribution in [-0.4, -0.2) is 56.9 Å². The number of anilines is 1. The van der Waals surface area contributed by atoms with Crippen molar-refractivity contribution in [3.8, 4) is 5.75 Å². The summed E-state index contributed by atoms with van der Waals surface area (Å²) in [5.41, 5.74) is 2.74. The number of rotatable bonds is 10. The number of fused-ring (bicyclic) bond motifs is 1. The number of ether oxygens (including phenoxy) is 1. The Morgan fingerprint density at radius 3 is 2.61 bits per heavy atom. The maximum absolute atomic E-state index is 13.4. The van der Waals surface area contributed by atoms with Crippen LogP contribution in [-0.2, 0) is 14.8 Å². The van der Waals surface area contributed by atoms with E-state index >= 15 is 0 Å². The highest BCUT2D eigenvalue weighted by Gasteiger charge is 2.34. The highest BCUT2D eigenvalue weighted by atomic mass is 35.5. The molecule has 0 aliphatic carbocycles. The molecule has 1 fully saturated rings. The minimum absolute atomic E-state index is 0.0227. The van der Waals surface area contributed by atoms with Crippen molar-refractivity contribution >= 4 is 44.1 Å². The molecule has 1 amide bonds. The van der Waals surface area contributed by atoms with Crippen molar-refractivity contribution in [1.29, 1.82) is 0 Å². The predicted octanol–water partition coefficient (Wildman–Crippen LogP) is 5.04. The molecule has 2 aromatic carbocycles. The summed E-state index contributed by atoms with van der Waals surface area (Å²) in [6.07, 6.45) is 3.47. The van der Waals surface area contributed by atoms with Crippen LogP contribution >= 0.6 is 11.6 Å². The Balaban J connectivity index is 1.25. The summed E-state index contributed by atoms with van der Waals surface area (Å²) in [5.74, 6) is 0.312. The van der Waals surface area contributed by atoms with Gasteiger partial charge in [-0.15, -0.1) is 0 Å². The Kier molecular flexibility index (Phi) is 9.12. The van der Waals surface area contributed by atoms with Crippen LogP contribution < -0.4 is 15.4 Å². The average Bonchev–Trinajstić information content (AvgIpc) is 2.92. The highest BCUT2D eigenvalue weighted by Crippen LogP contribution is 2.32. The van der Waals surface area contributed by atoms with Gasteiger partial charge in [0.2, 0.25) is 15.9 Å². The molecule has 1 aliphatic rings. The fraction of sp³-hybridized carbons (Fsp3) is 0.429. The molecule has 38 heavy (non-hydrogen) atoms. The van der Waals surface area contributed by atoms with E-state index < -0.39 is 10.0 Å². The highest BCUT2D eigenvalue weighted by molar-refractivity contribution is 7.89. The van der Waals surface area contributed by atoms with Gasteiger partial charge < -0.3 is 15.4 Å². The lowest BCUT2D eigenvalue weighted by Gasteiger charge is -2.31. The number of pyridine rings is 1. The van der Waals surface area contributed by atoms with E-state index in [0.29, 0.717) is 49.8 Å². The zero-order valence-electron chi connectivity index (χ0n) is 22.0. The molecule has 2 N–H and O–H groups in total. The standard InChI is InChI=1S/C28H35ClN4O4S/c1-19(2)21-5-8-26(37-3)27(17-21)38(35,36)33-15-10-20(11-16-33)28(34)32-13-4-12-30-24-9-14-31-25-18-22(29)6-7-23(24)25/h5-9,14,17-20H,4,10-13,15-16H2,1-3H3,(H,30,31)(H,32,34). The molecule has 1 saturated heterocycles. The lowest BCUT2D eigenvalue weighted by molar-refractivity contribution is -0.126. The van der Waals surface area contributed by atoms with Crippen LogP contribution in [0.15, 0.2) is 53.6 Å². The number of piperidine rings is 1. The van der Waals surface area contributed by atoms with Gasteiger partial charge in [0.05, 0.1) is 12.6 Å². The van der Waals surface area contributed by atoms with Gasteiger partial charge in [-0.1, -0.05) is 31.5 Å². The number of aromatic nitrogens is 1. The van der Waals surface area contributed by atoms with Crippen molar-refractivity contribution in [2.45, 2.75) is 43.9 Å². The summed E-state index contributed by atoms with van der Waals surface area (Å²) in [7, 11) is -2.25. The number of methoxy groups -OCH3 is 1. The van der Waals surface area contributed by atoms with E-state index in [9.17, 15) is 13.2 Å². The first kappa shape index (κ1) is 28.1. The Morgan fingerprint density at radius 2 is 1.89 bits per heavy atom. The normalized spacial score (nSPS) is 15.1. The topological polar surface area (TPSA) is 101 Å². The van der Waals surface area contributed by atoms with Crippen molar-refractivity contribution in [1.82, 2.24) is 14.6 Å². The minimum Gasteiger partial charge on any atom is -0.495 e. The number of sulfonamides is 1. The second-order valence-corrected chi connectivity index (χ2v) is 12.2. The summed E-state index contributed by atoms with van der Waals surface area (Å²) in [6.45, 7) is 5.88. The first-order valence-electron chi connectivity index (χ1n) is 12.9. The van der Waals surface area contributed by atoms with Crippen LogP contribution in [0.25, 0.3) is 10.9 Å². The fourth-order valence-electron chi connectivity index (χ4n) is 4.69. The lowest BCUT2D eigenvalue weighted by Crippen LogP contribution is -2.43. The lowest BCUT2D eigenvalue weighted by atomic mass is 9.97. The van der Waals surface area contributed by atoms with E-state index in [1.807, 2.05) is 44.2 Å². The second-order valence-electron chi connectivity index (χ2n) is 9.83. The predicted molar refractivity (Wildman–Crippen MR) is 151 cm³/mol. The van der Waals surface area contributed by atoms with Gasteiger partial charge in [0.1, 0.15) is 10.6 Å². The third kappa shape index (κ3) is 6.39. The van der Waals surface area contributed by atoms with Gasteiger partial charge in [-0.25, -0.2) is 8.42 Å². The van der Waals surface area contributed by atoms with E-state index in [1.165, 1.54) is 11.4 Å². The minimum atomic E-state index is -3.72. The summed E-state index contributed by atoms with van der Waals surface area (Å²) in [5, 5.41) is 8.05. The van der Waals surface area contributed by atoms with E-state index in [2.05, 4.69) is 15.6 Å². The van der Waals surface area contributed by atoms with Crippen LogP contribution in [0, 0.1) is 5.92 Å². The molecular weight excluding hydrogens is 524 g/mol. The smallest absolute Gasteiger partial charge is 0.246 e. The third-order valence-corrected chi connectivity index (χ3v) is 9.12. The third-order valence-electron chi connectivity index (χ3n) is 6.97. The Bertz CT molecular complexity index is 1390. The summed E-state index contributed by atoms with van der Waals surface area (Å²) in [6, 6.07) is 12.8. The van der Waals surface area contributed by atoms with Crippen molar-refractivity contribution in [3.63, 3.8) is 0 Å². The molecule has 4 rings (SSSR count). The molecule has 0 spiro atoms. The SMILES string of the molecule is COc1ccc(C(C)C)cc1S(=O)(=O)N1CCC(C(=O)NCCCNc2ccnc3cc(Cl)ccc23)CC1.